The second kappa shape index (κ2) is 6.53. The molecule has 5 rings (SSSR count). The van der Waals surface area contributed by atoms with Crippen molar-refractivity contribution in [2.24, 2.45) is 0 Å². The molecule has 0 aliphatic rings. The van der Waals surface area contributed by atoms with Crippen LogP contribution in [0.5, 0.6) is 0 Å². The average molecular weight is 418 g/mol. The first-order valence-corrected chi connectivity index (χ1v) is 10.9. The molecule has 0 unspecified atom stereocenters. The number of fused-ring (bicyclic) bond motifs is 2. The lowest BCUT2D eigenvalue weighted by Crippen LogP contribution is -2.01. The minimum atomic E-state index is -3.74. The maximum atomic E-state index is 13.2. The first kappa shape index (κ1) is 18.6. The first-order valence-electron chi connectivity index (χ1n) is 9.42. The molecule has 30 heavy (non-hydrogen) atoms. The van der Waals surface area contributed by atoms with Crippen LogP contribution in [-0.4, -0.2) is 18.4 Å². The van der Waals surface area contributed by atoms with Gasteiger partial charge in [-0.2, -0.15) is 0 Å². The van der Waals surface area contributed by atoms with Gasteiger partial charge in [-0.1, -0.05) is 6.07 Å². The number of hydrogen-bond donors (Lipinski definition) is 0. The number of hydrogen-bond acceptors (Lipinski definition) is 6. The Morgan fingerprint density at radius 3 is 2.00 bits per heavy atom. The maximum Gasteiger partial charge on any atom is 0.227 e. The fourth-order valence-corrected chi connectivity index (χ4v) is 4.70. The molecule has 150 valence electrons. The Bertz CT molecular complexity index is 1540. The first-order chi connectivity index (χ1) is 14.3. The molecule has 3 aromatic carbocycles. The number of oxazole rings is 2. The van der Waals surface area contributed by atoms with Crippen LogP contribution in [0.3, 0.4) is 0 Å². The molecular weight excluding hydrogens is 400 g/mol. The van der Waals surface area contributed by atoms with E-state index in [1.165, 1.54) is 29.8 Å². The Morgan fingerprint density at radius 1 is 0.700 bits per heavy atom. The lowest BCUT2D eigenvalue weighted by atomic mass is 10.1. The third kappa shape index (κ3) is 2.98. The highest BCUT2D eigenvalue weighted by atomic mass is 32.2. The fraction of sp³-hybridized carbons (Fsp3) is 0.130. The summed E-state index contributed by atoms with van der Waals surface area (Å²) < 4.78 is 37.6. The van der Waals surface area contributed by atoms with E-state index < -0.39 is 9.84 Å². The summed E-state index contributed by atoms with van der Waals surface area (Å²) in [5.41, 5.74) is 5.25. The third-order valence-corrected chi connectivity index (χ3v) is 6.95. The average Bonchev–Trinajstić information content (AvgIpc) is 3.31. The molecule has 0 saturated heterocycles. The molecule has 0 saturated carbocycles. The predicted octanol–water partition coefficient (Wildman–Crippen LogP) is 5.39. The van der Waals surface area contributed by atoms with E-state index in [2.05, 4.69) is 9.97 Å². The summed E-state index contributed by atoms with van der Waals surface area (Å²) in [6, 6.07) is 15.3. The molecule has 5 aromatic rings. The number of rotatable bonds is 3. The van der Waals surface area contributed by atoms with E-state index in [9.17, 15) is 8.42 Å². The van der Waals surface area contributed by atoms with Gasteiger partial charge in [0, 0.05) is 12.5 Å². The van der Waals surface area contributed by atoms with E-state index in [4.69, 9.17) is 8.83 Å². The monoisotopic (exact) mass is 418 g/mol. The van der Waals surface area contributed by atoms with E-state index in [-0.39, 0.29) is 9.79 Å². The van der Waals surface area contributed by atoms with Crippen molar-refractivity contribution >= 4 is 32.0 Å². The highest BCUT2D eigenvalue weighted by molar-refractivity contribution is 7.91. The SMILES string of the molecule is Cc1nc2cc(S(=O)(=O)c3ccc4oc(-c5ccc(C)c(C)c5)nc4c3)ccc2o1. The second-order valence-electron chi connectivity index (χ2n) is 7.31. The number of benzene rings is 3. The van der Waals surface area contributed by atoms with E-state index in [0.717, 1.165) is 11.1 Å². The molecule has 2 aromatic heterocycles. The number of sulfone groups is 1. The molecular formula is C23H18N2O4S. The van der Waals surface area contributed by atoms with E-state index in [1.807, 2.05) is 32.0 Å². The minimum Gasteiger partial charge on any atom is -0.441 e. The van der Waals surface area contributed by atoms with Gasteiger partial charge in [0.25, 0.3) is 0 Å². The molecule has 0 radical (unpaired) electrons. The molecule has 0 amide bonds. The second-order valence-corrected chi connectivity index (χ2v) is 9.26. The van der Waals surface area contributed by atoms with Crippen LogP contribution in [0.15, 0.2) is 73.2 Å². The number of nitrogens with zero attached hydrogens (tertiary/aromatic N) is 2. The summed E-state index contributed by atoms with van der Waals surface area (Å²) in [6.45, 7) is 5.79. The van der Waals surface area contributed by atoms with Crippen LogP contribution in [0.1, 0.15) is 17.0 Å². The van der Waals surface area contributed by atoms with Gasteiger partial charge < -0.3 is 8.83 Å². The summed E-state index contributed by atoms with van der Waals surface area (Å²) >= 11 is 0. The molecule has 0 N–H and O–H groups in total. The van der Waals surface area contributed by atoms with Crippen molar-refractivity contribution in [3.63, 3.8) is 0 Å². The molecule has 0 bridgehead atoms. The molecule has 0 fully saturated rings. The summed E-state index contributed by atoms with van der Waals surface area (Å²) in [5, 5.41) is 0. The lowest BCUT2D eigenvalue weighted by Gasteiger charge is -2.04. The number of aromatic nitrogens is 2. The Hall–Kier alpha value is -3.45. The van der Waals surface area contributed by atoms with Gasteiger partial charge in [0.05, 0.1) is 9.79 Å². The minimum absolute atomic E-state index is 0.148. The van der Waals surface area contributed by atoms with E-state index >= 15 is 0 Å². The zero-order valence-electron chi connectivity index (χ0n) is 16.6. The molecule has 7 heteroatoms. The van der Waals surface area contributed by atoms with Crippen molar-refractivity contribution in [2.45, 2.75) is 30.6 Å². The van der Waals surface area contributed by atoms with Crippen LogP contribution in [0, 0.1) is 20.8 Å². The largest absolute Gasteiger partial charge is 0.441 e. The summed E-state index contributed by atoms with van der Waals surface area (Å²) in [4.78, 5) is 9.04. The van der Waals surface area contributed by atoms with Gasteiger partial charge in [-0.25, -0.2) is 18.4 Å². The third-order valence-electron chi connectivity index (χ3n) is 5.20. The van der Waals surface area contributed by atoms with Gasteiger partial charge in [-0.3, -0.25) is 0 Å². The highest BCUT2D eigenvalue weighted by Crippen LogP contribution is 2.30. The lowest BCUT2D eigenvalue weighted by molar-refractivity contribution is 0.561. The van der Waals surface area contributed by atoms with E-state index in [0.29, 0.717) is 34.0 Å². The van der Waals surface area contributed by atoms with Crippen molar-refractivity contribution < 1.29 is 17.3 Å². The standard InChI is InChI=1S/C23H18N2O4S/c1-13-4-5-16(10-14(13)2)23-25-20-12-18(7-9-22(20)29-23)30(26,27)17-6-8-21-19(11-17)24-15(3)28-21/h4-12H,1-3H3. The van der Waals surface area contributed by atoms with Crippen molar-refractivity contribution in [3.8, 4) is 11.5 Å². The van der Waals surface area contributed by atoms with Gasteiger partial charge in [-0.05, 0) is 73.5 Å². The Kier molecular flexibility index (Phi) is 4.04. The van der Waals surface area contributed by atoms with Crippen LogP contribution in [0.4, 0.5) is 0 Å². The van der Waals surface area contributed by atoms with Crippen LogP contribution in [0.2, 0.25) is 0 Å². The van der Waals surface area contributed by atoms with Gasteiger partial charge in [-0.15, -0.1) is 0 Å². The van der Waals surface area contributed by atoms with Gasteiger partial charge in [0.15, 0.2) is 17.1 Å². The van der Waals surface area contributed by atoms with Crippen molar-refractivity contribution in [1.82, 2.24) is 9.97 Å². The van der Waals surface area contributed by atoms with Crippen LogP contribution in [0.25, 0.3) is 33.7 Å². The normalized spacial score (nSPS) is 12.1. The molecule has 0 aliphatic heterocycles. The van der Waals surface area contributed by atoms with Gasteiger partial charge in [0.1, 0.15) is 11.0 Å². The zero-order valence-corrected chi connectivity index (χ0v) is 17.4. The topological polar surface area (TPSA) is 86.2 Å². The van der Waals surface area contributed by atoms with E-state index in [1.54, 1.807) is 19.1 Å². The zero-order chi connectivity index (χ0) is 21.0. The predicted molar refractivity (Wildman–Crippen MR) is 113 cm³/mol. The van der Waals surface area contributed by atoms with Gasteiger partial charge >= 0.3 is 0 Å². The van der Waals surface area contributed by atoms with Crippen molar-refractivity contribution in [3.05, 3.63) is 71.6 Å². The summed E-state index contributed by atoms with van der Waals surface area (Å²) in [7, 11) is -3.74. The Labute approximate surface area is 173 Å². The van der Waals surface area contributed by atoms with Crippen LogP contribution >= 0.6 is 0 Å². The van der Waals surface area contributed by atoms with Crippen molar-refractivity contribution in [1.29, 1.82) is 0 Å². The molecule has 6 nitrogen and oxygen atoms in total. The van der Waals surface area contributed by atoms with Crippen LogP contribution < -0.4 is 0 Å². The van der Waals surface area contributed by atoms with Gasteiger partial charge in [0.2, 0.25) is 15.7 Å². The quantitative estimate of drug-likeness (QED) is 0.390. The highest BCUT2D eigenvalue weighted by Gasteiger charge is 2.21. The Morgan fingerprint density at radius 2 is 1.33 bits per heavy atom. The number of aryl methyl sites for hydroxylation is 3. The molecule has 0 spiro atoms. The molecule has 0 atom stereocenters. The molecule has 0 aliphatic carbocycles. The summed E-state index contributed by atoms with van der Waals surface area (Å²) in [5.74, 6) is 0.949. The maximum absolute atomic E-state index is 13.2. The van der Waals surface area contributed by atoms with Crippen LogP contribution in [-0.2, 0) is 9.84 Å². The van der Waals surface area contributed by atoms with Crippen molar-refractivity contribution in [2.75, 3.05) is 0 Å². The summed E-state index contributed by atoms with van der Waals surface area (Å²) in [6.07, 6.45) is 0. The Balaban J connectivity index is 1.58. The fourth-order valence-electron chi connectivity index (χ4n) is 3.40. The smallest absolute Gasteiger partial charge is 0.227 e. The molecule has 2 heterocycles.